The van der Waals surface area contributed by atoms with Gasteiger partial charge < -0.3 is 10.1 Å². The first-order valence-electron chi connectivity index (χ1n) is 8.94. The summed E-state index contributed by atoms with van der Waals surface area (Å²) in [5.41, 5.74) is -0.141. The van der Waals surface area contributed by atoms with Crippen LogP contribution in [0.4, 0.5) is 20.2 Å². The maximum atomic E-state index is 13.7. The van der Waals surface area contributed by atoms with E-state index in [1.54, 1.807) is 0 Å². The lowest BCUT2D eigenvalue weighted by Crippen LogP contribution is -2.43. The zero-order chi connectivity index (χ0) is 22.3. The number of rotatable bonds is 5. The number of ether oxygens (including phenoxy) is 1. The van der Waals surface area contributed by atoms with Crippen LogP contribution in [0.25, 0.3) is 0 Å². The largest absolute Gasteiger partial charge is 0.495 e. The first-order valence-corrected chi connectivity index (χ1v) is 9.31. The summed E-state index contributed by atoms with van der Waals surface area (Å²) >= 11 is 6.09. The average molecular weight is 450 g/mol. The number of imide groups is 1. The van der Waals surface area contributed by atoms with E-state index in [4.69, 9.17) is 16.3 Å². The van der Waals surface area contributed by atoms with Gasteiger partial charge in [0.1, 0.15) is 23.9 Å². The molecule has 2 aliphatic rings. The van der Waals surface area contributed by atoms with E-state index >= 15 is 0 Å². The molecule has 0 aliphatic carbocycles. The smallest absolute Gasteiger partial charge is 0.263 e. The highest BCUT2D eigenvalue weighted by atomic mass is 35.5. The molecule has 1 saturated heterocycles. The zero-order valence-corrected chi connectivity index (χ0v) is 16.6. The Bertz CT molecular complexity index is 1130. The molecule has 0 aromatic heterocycles. The summed E-state index contributed by atoms with van der Waals surface area (Å²) in [4.78, 5) is 38.9. The number of amides is 3. The first kappa shape index (κ1) is 20.7. The van der Waals surface area contributed by atoms with Crippen LogP contribution in [0.3, 0.4) is 0 Å². The number of nitrogens with zero attached hydrogens (tertiary/aromatic N) is 4. The lowest BCUT2D eigenvalue weighted by atomic mass is 10.1. The Kier molecular flexibility index (Phi) is 5.27. The molecule has 0 radical (unpaired) electrons. The number of hydrogen-bond donors (Lipinski definition) is 1. The summed E-state index contributed by atoms with van der Waals surface area (Å²) in [6.07, 6.45) is 0. The number of anilines is 2. The zero-order valence-electron chi connectivity index (χ0n) is 15.9. The van der Waals surface area contributed by atoms with Crippen LogP contribution in [-0.2, 0) is 14.4 Å². The van der Waals surface area contributed by atoms with Crippen LogP contribution in [0.2, 0.25) is 5.02 Å². The number of benzene rings is 2. The summed E-state index contributed by atoms with van der Waals surface area (Å²) in [6, 6.07) is 4.72. The Labute approximate surface area is 179 Å². The minimum Gasteiger partial charge on any atom is -0.495 e. The molecule has 0 unspecified atom stereocenters. The van der Waals surface area contributed by atoms with E-state index in [1.807, 2.05) is 0 Å². The number of hydrogen-bond acceptors (Lipinski definition) is 7. The average Bonchev–Trinajstić information content (AvgIpc) is 3.24. The topological polar surface area (TPSA) is 104 Å². The van der Waals surface area contributed by atoms with Crippen molar-refractivity contribution in [2.75, 3.05) is 23.9 Å². The third-order valence-corrected chi connectivity index (χ3v) is 5.05. The summed E-state index contributed by atoms with van der Waals surface area (Å²) < 4.78 is 32.1. The van der Waals surface area contributed by atoms with Crippen molar-refractivity contribution in [3.05, 3.63) is 53.1 Å². The molecule has 31 heavy (non-hydrogen) atoms. The highest BCUT2D eigenvalue weighted by molar-refractivity contribution is 6.33. The molecule has 1 fully saturated rings. The monoisotopic (exact) mass is 449 g/mol. The number of carbonyl (C=O) groups excluding carboxylic acids is 3. The molecular formula is C19H14ClF2N5O4. The Hall–Kier alpha value is -3.60. The molecule has 2 aromatic rings. The molecule has 12 heteroatoms. The molecule has 2 atom stereocenters. The molecule has 9 nitrogen and oxygen atoms in total. The number of carbonyl (C=O) groups is 3. The minimum absolute atomic E-state index is 0.202. The van der Waals surface area contributed by atoms with Crippen molar-refractivity contribution in [2.45, 2.75) is 12.1 Å². The van der Waals surface area contributed by atoms with Gasteiger partial charge in [-0.3, -0.25) is 19.4 Å². The second-order valence-corrected chi connectivity index (χ2v) is 7.10. The molecule has 0 bridgehead atoms. The second-order valence-electron chi connectivity index (χ2n) is 6.70. The van der Waals surface area contributed by atoms with E-state index in [-0.39, 0.29) is 16.4 Å². The van der Waals surface area contributed by atoms with Crippen LogP contribution in [0.15, 0.2) is 46.7 Å². The molecule has 4 rings (SSSR count). The van der Waals surface area contributed by atoms with E-state index in [9.17, 15) is 23.2 Å². The van der Waals surface area contributed by atoms with E-state index in [1.165, 1.54) is 25.3 Å². The van der Waals surface area contributed by atoms with Crippen LogP contribution >= 0.6 is 11.6 Å². The number of fused-ring (bicyclic) bond motifs is 1. The van der Waals surface area contributed by atoms with Crippen LogP contribution < -0.4 is 15.0 Å². The third kappa shape index (κ3) is 3.67. The van der Waals surface area contributed by atoms with Gasteiger partial charge in [-0.2, -0.15) is 5.11 Å². The van der Waals surface area contributed by atoms with E-state index in [0.29, 0.717) is 5.75 Å². The Morgan fingerprint density at radius 1 is 1.19 bits per heavy atom. The normalized spacial score (nSPS) is 19.7. The van der Waals surface area contributed by atoms with Crippen molar-refractivity contribution in [1.82, 2.24) is 5.01 Å². The third-order valence-electron chi connectivity index (χ3n) is 4.76. The molecule has 0 saturated carbocycles. The van der Waals surface area contributed by atoms with Crippen molar-refractivity contribution >= 4 is 40.7 Å². The molecule has 2 aliphatic heterocycles. The maximum Gasteiger partial charge on any atom is 0.263 e. The highest BCUT2D eigenvalue weighted by Gasteiger charge is 2.55. The standard InChI is InChI=1S/C19H14ClF2N5O4/c1-31-14-5-3-10(7-11(14)20)27-18(29)16-17(19(27)30)26(25-24-16)8-15(28)23-13-6-9(21)2-4-12(13)22/h2-7,16-17H,8H2,1H3,(H,23,28)/t16-,17+/m0/s1. The highest BCUT2D eigenvalue weighted by Crippen LogP contribution is 2.35. The van der Waals surface area contributed by atoms with Gasteiger partial charge >= 0.3 is 0 Å². The molecular weight excluding hydrogens is 436 g/mol. The fourth-order valence-corrected chi connectivity index (χ4v) is 3.58. The lowest BCUT2D eigenvalue weighted by Gasteiger charge is -2.20. The molecule has 2 heterocycles. The fourth-order valence-electron chi connectivity index (χ4n) is 3.33. The fraction of sp³-hybridized carbons (Fsp3) is 0.211. The van der Waals surface area contributed by atoms with E-state index < -0.39 is 48.0 Å². The minimum atomic E-state index is -1.14. The SMILES string of the molecule is COc1ccc(N2C(=O)[C@H]3N=NN(CC(=O)Nc4cc(F)ccc4F)[C@H]3C2=O)cc1Cl. The summed E-state index contributed by atoms with van der Waals surface area (Å²) in [7, 11) is 1.43. The molecule has 2 aromatic carbocycles. The lowest BCUT2D eigenvalue weighted by molar-refractivity contribution is -0.123. The van der Waals surface area contributed by atoms with Gasteiger partial charge in [-0.25, -0.2) is 13.7 Å². The number of halogens is 3. The summed E-state index contributed by atoms with van der Waals surface area (Å²) in [5.74, 6) is -3.24. The molecule has 1 N–H and O–H groups in total. The van der Waals surface area contributed by atoms with Crippen LogP contribution in [0, 0.1) is 11.6 Å². The Morgan fingerprint density at radius 3 is 2.68 bits per heavy atom. The number of nitrogens with one attached hydrogen (secondary N) is 1. The molecule has 0 spiro atoms. The van der Waals surface area contributed by atoms with Crippen molar-refractivity contribution in [3.63, 3.8) is 0 Å². The Balaban J connectivity index is 1.51. The van der Waals surface area contributed by atoms with Crippen LogP contribution in [-0.4, -0.2) is 48.5 Å². The van der Waals surface area contributed by atoms with Gasteiger partial charge in [0.25, 0.3) is 11.8 Å². The number of methoxy groups -OCH3 is 1. The van der Waals surface area contributed by atoms with Crippen LogP contribution in [0.5, 0.6) is 5.75 Å². The van der Waals surface area contributed by atoms with Gasteiger partial charge in [0.2, 0.25) is 5.91 Å². The van der Waals surface area contributed by atoms with E-state index in [2.05, 4.69) is 15.7 Å². The molecule has 3 amide bonds. The van der Waals surface area contributed by atoms with Crippen molar-refractivity contribution in [2.24, 2.45) is 10.3 Å². The quantitative estimate of drug-likeness (QED) is 0.706. The summed E-state index contributed by atoms with van der Waals surface area (Å²) in [6.45, 7) is -0.503. The predicted molar refractivity (Wildman–Crippen MR) is 105 cm³/mol. The maximum absolute atomic E-state index is 13.7. The van der Waals surface area contributed by atoms with Crippen molar-refractivity contribution < 1.29 is 27.9 Å². The van der Waals surface area contributed by atoms with Crippen molar-refractivity contribution in [3.8, 4) is 5.75 Å². The Morgan fingerprint density at radius 2 is 1.97 bits per heavy atom. The first-order chi connectivity index (χ1) is 14.8. The van der Waals surface area contributed by atoms with Gasteiger partial charge in [-0.1, -0.05) is 16.8 Å². The summed E-state index contributed by atoms with van der Waals surface area (Å²) in [5, 5.41) is 11.0. The van der Waals surface area contributed by atoms with Gasteiger partial charge in [0.15, 0.2) is 12.1 Å². The van der Waals surface area contributed by atoms with Gasteiger partial charge in [0.05, 0.1) is 23.5 Å². The predicted octanol–water partition coefficient (Wildman–Crippen LogP) is 2.56. The van der Waals surface area contributed by atoms with Gasteiger partial charge in [-0.15, -0.1) is 0 Å². The molecule has 160 valence electrons. The second kappa shape index (κ2) is 7.91. The van der Waals surface area contributed by atoms with Crippen molar-refractivity contribution in [1.29, 1.82) is 0 Å². The van der Waals surface area contributed by atoms with Gasteiger partial charge in [-0.05, 0) is 30.3 Å². The van der Waals surface area contributed by atoms with Crippen LogP contribution in [0.1, 0.15) is 0 Å². The van der Waals surface area contributed by atoms with Gasteiger partial charge in [0, 0.05) is 6.07 Å². The van der Waals surface area contributed by atoms with E-state index in [0.717, 1.165) is 28.1 Å².